The SMILES string of the molecule is COC(=O)c1cccc(NC(=O)CCN(C2CCCCCC2)S(C)(=O)=O)c1. The van der Waals surface area contributed by atoms with Crippen molar-refractivity contribution >= 4 is 27.6 Å². The van der Waals surface area contributed by atoms with Gasteiger partial charge in [-0.2, -0.15) is 4.31 Å². The number of methoxy groups -OCH3 is 1. The highest BCUT2D eigenvalue weighted by atomic mass is 32.2. The lowest BCUT2D eigenvalue weighted by Gasteiger charge is -2.28. The van der Waals surface area contributed by atoms with Crippen LogP contribution in [0.25, 0.3) is 0 Å². The number of carbonyl (C=O) groups is 2. The summed E-state index contributed by atoms with van der Waals surface area (Å²) in [7, 11) is -2.09. The summed E-state index contributed by atoms with van der Waals surface area (Å²) in [6.07, 6.45) is 7.25. The van der Waals surface area contributed by atoms with Crippen molar-refractivity contribution in [2.45, 2.75) is 51.0 Å². The molecule has 0 spiro atoms. The predicted octanol–water partition coefficient (Wildman–Crippen LogP) is 2.79. The van der Waals surface area contributed by atoms with E-state index in [1.54, 1.807) is 18.2 Å². The number of benzene rings is 1. The van der Waals surface area contributed by atoms with Crippen LogP contribution in [0.2, 0.25) is 0 Å². The van der Waals surface area contributed by atoms with Gasteiger partial charge in [0.2, 0.25) is 15.9 Å². The zero-order valence-corrected chi connectivity index (χ0v) is 16.8. The molecule has 7 nitrogen and oxygen atoms in total. The number of rotatable bonds is 7. The van der Waals surface area contributed by atoms with Crippen LogP contribution in [0.4, 0.5) is 5.69 Å². The van der Waals surface area contributed by atoms with E-state index >= 15 is 0 Å². The Hall–Kier alpha value is -1.93. The van der Waals surface area contributed by atoms with E-state index in [4.69, 9.17) is 0 Å². The van der Waals surface area contributed by atoms with E-state index in [1.165, 1.54) is 23.7 Å². The minimum absolute atomic E-state index is 0.0297. The molecule has 1 N–H and O–H groups in total. The van der Waals surface area contributed by atoms with Crippen molar-refractivity contribution in [1.82, 2.24) is 4.31 Å². The van der Waals surface area contributed by atoms with Gasteiger partial charge in [0.05, 0.1) is 18.9 Å². The topological polar surface area (TPSA) is 92.8 Å². The zero-order valence-electron chi connectivity index (χ0n) is 15.9. The molecular weight excluding hydrogens is 368 g/mol. The van der Waals surface area contributed by atoms with Crippen molar-refractivity contribution in [1.29, 1.82) is 0 Å². The monoisotopic (exact) mass is 396 g/mol. The standard InChI is InChI=1S/C19H28N2O5S/c1-26-19(23)15-8-7-9-16(14-15)20-18(22)12-13-21(27(2,24)25)17-10-5-3-4-6-11-17/h7-9,14,17H,3-6,10-13H2,1-2H3,(H,20,22). The summed E-state index contributed by atoms with van der Waals surface area (Å²) in [5.41, 5.74) is 0.815. The Morgan fingerprint density at radius 1 is 1.19 bits per heavy atom. The van der Waals surface area contributed by atoms with Gasteiger partial charge >= 0.3 is 5.97 Å². The highest BCUT2D eigenvalue weighted by molar-refractivity contribution is 7.88. The molecule has 1 aliphatic carbocycles. The number of nitrogens with zero attached hydrogens (tertiary/aromatic N) is 1. The highest BCUT2D eigenvalue weighted by Crippen LogP contribution is 2.24. The number of anilines is 1. The van der Waals surface area contributed by atoms with Gasteiger partial charge in [-0.3, -0.25) is 4.79 Å². The molecule has 8 heteroatoms. The lowest BCUT2D eigenvalue weighted by Crippen LogP contribution is -2.41. The summed E-state index contributed by atoms with van der Waals surface area (Å²) >= 11 is 0. The number of esters is 1. The molecule has 27 heavy (non-hydrogen) atoms. The molecule has 1 saturated carbocycles. The molecule has 0 atom stereocenters. The van der Waals surface area contributed by atoms with E-state index in [0.717, 1.165) is 38.5 Å². The molecule has 1 fully saturated rings. The maximum atomic E-state index is 12.3. The fourth-order valence-corrected chi connectivity index (χ4v) is 4.62. The van der Waals surface area contributed by atoms with Crippen LogP contribution in [0.5, 0.6) is 0 Å². The fourth-order valence-electron chi connectivity index (χ4n) is 3.44. The van der Waals surface area contributed by atoms with Gasteiger partial charge in [0.25, 0.3) is 0 Å². The third kappa shape index (κ3) is 6.62. The van der Waals surface area contributed by atoms with Gasteiger partial charge in [-0.15, -0.1) is 0 Å². The van der Waals surface area contributed by atoms with Gasteiger partial charge < -0.3 is 10.1 Å². The van der Waals surface area contributed by atoms with Crippen LogP contribution in [-0.4, -0.2) is 50.6 Å². The molecule has 2 rings (SSSR count). The van der Waals surface area contributed by atoms with Crippen molar-refractivity contribution in [2.75, 3.05) is 25.2 Å². The Bertz CT molecular complexity index is 755. The van der Waals surface area contributed by atoms with Crippen molar-refractivity contribution in [3.63, 3.8) is 0 Å². The van der Waals surface area contributed by atoms with Crippen LogP contribution < -0.4 is 5.32 Å². The number of amides is 1. The molecular formula is C19H28N2O5S. The quantitative estimate of drug-likeness (QED) is 0.565. The van der Waals surface area contributed by atoms with Crippen LogP contribution in [0, 0.1) is 0 Å². The minimum Gasteiger partial charge on any atom is -0.465 e. The van der Waals surface area contributed by atoms with E-state index in [2.05, 4.69) is 10.1 Å². The van der Waals surface area contributed by atoms with E-state index in [1.807, 2.05) is 0 Å². The number of sulfonamides is 1. The maximum Gasteiger partial charge on any atom is 0.337 e. The first kappa shape index (κ1) is 21.4. The van der Waals surface area contributed by atoms with Crippen molar-refractivity contribution in [2.24, 2.45) is 0 Å². The van der Waals surface area contributed by atoms with Crippen molar-refractivity contribution in [3.8, 4) is 0 Å². The van der Waals surface area contributed by atoms with E-state index < -0.39 is 16.0 Å². The Balaban J connectivity index is 1.98. The Morgan fingerprint density at radius 2 is 1.85 bits per heavy atom. The van der Waals surface area contributed by atoms with Crippen LogP contribution in [-0.2, 0) is 19.6 Å². The molecule has 0 saturated heterocycles. The van der Waals surface area contributed by atoms with Gasteiger partial charge in [0.15, 0.2) is 0 Å². The number of hydrogen-bond acceptors (Lipinski definition) is 5. The highest BCUT2D eigenvalue weighted by Gasteiger charge is 2.27. The number of ether oxygens (including phenoxy) is 1. The third-order valence-electron chi connectivity index (χ3n) is 4.78. The summed E-state index contributed by atoms with van der Waals surface area (Å²) in [6, 6.07) is 6.42. The average molecular weight is 397 g/mol. The maximum absolute atomic E-state index is 12.3. The molecule has 1 aromatic carbocycles. The summed E-state index contributed by atoms with van der Waals surface area (Å²) in [6.45, 7) is 0.159. The largest absolute Gasteiger partial charge is 0.465 e. The molecule has 1 aromatic rings. The summed E-state index contributed by atoms with van der Waals surface area (Å²) in [5, 5.41) is 2.72. The lowest BCUT2D eigenvalue weighted by molar-refractivity contribution is -0.116. The average Bonchev–Trinajstić information content (AvgIpc) is 2.89. The van der Waals surface area contributed by atoms with Crippen LogP contribution >= 0.6 is 0 Å². The summed E-state index contributed by atoms with van der Waals surface area (Å²) in [4.78, 5) is 23.9. The summed E-state index contributed by atoms with van der Waals surface area (Å²) < 4.78 is 30.6. The van der Waals surface area contributed by atoms with Gasteiger partial charge in [-0.05, 0) is 31.0 Å². The van der Waals surface area contributed by atoms with Gasteiger partial charge in [0, 0.05) is 24.7 Å². The zero-order chi connectivity index (χ0) is 19.9. The molecule has 0 aromatic heterocycles. The number of carbonyl (C=O) groups excluding carboxylic acids is 2. The van der Waals surface area contributed by atoms with E-state index in [0.29, 0.717) is 11.3 Å². The van der Waals surface area contributed by atoms with Crippen molar-refractivity contribution < 1.29 is 22.7 Å². The molecule has 0 unspecified atom stereocenters. The second-order valence-electron chi connectivity index (χ2n) is 6.89. The first-order chi connectivity index (χ1) is 12.8. The second kappa shape index (κ2) is 9.85. The van der Waals surface area contributed by atoms with Gasteiger partial charge in [0.1, 0.15) is 0 Å². The van der Waals surface area contributed by atoms with Gasteiger partial charge in [-0.1, -0.05) is 31.7 Å². The summed E-state index contributed by atoms with van der Waals surface area (Å²) in [5.74, 6) is -0.776. The molecule has 1 amide bonds. The number of hydrogen-bond donors (Lipinski definition) is 1. The molecule has 150 valence electrons. The lowest BCUT2D eigenvalue weighted by atomic mass is 10.1. The molecule has 1 aliphatic rings. The predicted molar refractivity (Wildman–Crippen MR) is 104 cm³/mol. The molecule has 0 heterocycles. The normalized spacial score (nSPS) is 16.0. The van der Waals surface area contributed by atoms with E-state index in [-0.39, 0.29) is 24.9 Å². The Morgan fingerprint density at radius 3 is 2.44 bits per heavy atom. The Kier molecular flexibility index (Phi) is 7.79. The third-order valence-corrected chi connectivity index (χ3v) is 6.12. The molecule has 0 radical (unpaired) electrons. The Labute approximate surface area is 161 Å². The van der Waals surface area contributed by atoms with Gasteiger partial charge in [-0.25, -0.2) is 13.2 Å². The smallest absolute Gasteiger partial charge is 0.337 e. The van der Waals surface area contributed by atoms with E-state index in [9.17, 15) is 18.0 Å². The first-order valence-electron chi connectivity index (χ1n) is 9.26. The fraction of sp³-hybridized carbons (Fsp3) is 0.579. The second-order valence-corrected chi connectivity index (χ2v) is 8.82. The van der Waals surface area contributed by atoms with Crippen LogP contribution in [0.15, 0.2) is 24.3 Å². The van der Waals surface area contributed by atoms with Crippen LogP contribution in [0.1, 0.15) is 55.3 Å². The number of nitrogens with one attached hydrogen (secondary N) is 1. The molecule has 0 bridgehead atoms. The van der Waals surface area contributed by atoms with Crippen LogP contribution in [0.3, 0.4) is 0 Å². The molecule has 0 aliphatic heterocycles. The van der Waals surface area contributed by atoms with Crippen molar-refractivity contribution in [3.05, 3.63) is 29.8 Å². The first-order valence-corrected chi connectivity index (χ1v) is 11.1. The minimum atomic E-state index is -3.38.